The minimum absolute atomic E-state index is 0.120. The fourth-order valence-corrected chi connectivity index (χ4v) is 1.30. The Morgan fingerprint density at radius 3 is 2.83 bits per heavy atom. The number of anilines is 1. The van der Waals surface area contributed by atoms with Gasteiger partial charge in [0.25, 0.3) is 0 Å². The van der Waals surface area contributed by atoms with Crippen molar-refractivity contribution in [3.05, 3.63) is 24.2 Å². The number of nitrogens with one attached hydrogen (secondary N) is 1. The van der Waals surface area contributed by atoms with Gasteiger partial charge in [0.05, 0.1) is 12.4 Å². The molecule has 0 aliphatic rings. The second-order valence-electron chi connectivity index (χ2n) is 3.49. The number of hydrogen-bond donors (Lipinski definition) is 2. The number of aromatic nitrogens is 5. The third-order valence-corrected chi connectivity index (χ3v) is 2.15. The number of carbonyl (C=O) groups excluding carboxylic acids is 1. The van der Waals surface area contributed by atoms with E-state index < -0.39 is 5.97 Å². The second kappa shape index (κ2) is 4.65. The fourth-order valence-electron chi connectivity index (χ4n) is 1.30. The lowest BCUT2D eigenvalue weighted by atomic mass is 10.5. The van der Waals surface area contributed by atoms with Crippen LogP contribution in [0, 0.1) is 0 Å². The second-order valence-corrected chi connectivity index (χ2v) is 3.49. The first-order valence-corrected chi connectivity index (χ1v) is 4.97. The van der Waals surface area contributed by atoms with E-state index in [4.69, 9.17) is 5.11 Å². The molecule has 0 aliphatic carbocycles. The minimum atomic E-state index is -1.19. The standard InChI is InChI=1S/C9H10N6O3/c1-14-7(2-3-10-14)11-8(16)5-15-4-6(9(17)18)12-13-15/h2-4H,5H2,1H3,(H,11,16)(H,17,18). The van der Waals surface area contributed by atoms with Crippen LogP contribution >= 0.6 is 0 Å². The van der Waals surface area contributed by atoms with Crippen molar-refractivity contribution in [2.75, 3.05) is 5.32 Å². The third-order valence-electron chi connectivity index (χ3n) is 2.15. The Balaban J connectivity index is 1.99. The van der Waals surface area contributed by atoms with Gasteiger partial charge in [-0.1, -0.05) is 5.21 Å². The van der Waals surface area contributed by atoms with Crippen LogP contribution in [0.1, 0.15) is 10.5 Å². The van der Waals surface area contributed by atoms with Crippen LogP contribution in [-0.4, -0.2) is 41.8 Å². The number of aromatic carboxylic acids is 1. The van der Waals surface area contributed by atoms with Gasteiger partial charge in [0.1, 0.15) is 12.4 Å². The predicted molar refractivity (Wildman–Crippen MR) is 58.8 cm³/mol. The van der Waals surface area contributed by atoms with Crippen LogP contribution in [0.4, 0.5) is 5.82 Å². The Hall–Kier alpha value is -2.71. The van der Waals surface area contributed by atoms with Gasteiger partial charge in [0.15, 0.2) is 5.69 Å². The van der Waals surface area contributed by atoms with Gasteiger partial charge in [-0.2, -0.15) is 5.10 Å². The molecular formula is C9H10N6O3. The van der Waals surface area contributed by atoms with Crippen molar-refractivity contribution in [3.8, 4) is 0 Å². The smallest absolute Gasteiger partial charge is 0.358 e. The average molecular weight is 250 g/mol. The van der Waals surface area contributed by atoms with Crippen LogP contribution in [0.5, 0.6) is 0 Å². The van der Waals surface area contributed by atoms with E-state index in [-0.39, 0.29) is 18.1 Å². The highest BCUT2D eigenvalue weighted by Gasteiger charge is 2.11. The summed E-state index contributed by atoms with van der Waals surface area (Å²) in [5.41, 5.74) is -0.205. The number of aryl methyl sites for hydroxylation is 1. The first-order valence-electron chi connectivity index (χ1n) is 4.97. The van der Waals surface area contributed by atoms with E-state index in [0.29, 0.717) is 5.82 Å². The van der Waals surface area contributed by atoms with Gasteiger partial charge >= 0.3 is 5.97 Å². The third kappa shape index (κ3) is 2.51. The van der Waals surface area contributed by atoms with Gasteiger partial charge in [-0.3, -0.25) is 9.48 Å². The molecule has 18 heavy (non-hydrogen) atoms. The zero-order valence-electron chi connectivity index (χ0n) is 9.44. The van der Waals surface area contributed by atoms with Crippen LogP contribution < -0.4 is 5.32 Å². The van der Waals surface area contributed by atoms with Gasteiger partial charge in [-0.25, -0.2) is 9.48 Å². The molecule has 0 aromatic carbocycles. The van der Waals surface area contributed by atoms with Gasteiger partial charge < -0.3 is 10.4 Å². The molecule has 0 spiro atoms. The lowest BCUT2D eigenvalue weighted by Crippen LogP contribution is -2.20. The average Bonchev–Trinajstić information content (AvgIpc) is 2.89. The number of rotatable bonds is 4. The largest absolute Gasteiger partial charge is 0.476 e. The number of carboxylic acids is 1. The molecule has 0 bridgehead atoms. The van der Waals surface area contributed by atoms with E-state index in [2.05, 4.69) is 20.7 Å². The maximum Gasteiger partial charge on any atom is 0.358 e. The van der Waals surface area contributed by atoms with Crippen LogP contribution in [-0.2, 0) is 18.4 Å². The van der Waals surface area contributed by atoms with Crippen LogP contribution in [0.15, 0.2) is 18.5 Å². The number of amides is 1. The maximum atomic E-state index is 11.6. The number of carboxylic acid groups (broad SMARTS) is 1. The molecular weight excluding hydrogens is 240 g/mol. The van der Waals surface area contributed by atoms with Crippen molar-refractivity contribution in [1.29, 1.82) is 0 Å². The zero-order chi connectivity index (χ0) is 13.1. The first kappa shape index (κ1) is 11.8. The lowest BCUT2D eigenvalue weighted by Gasteiger charge is -2.04. The molecule has 1 amide bonds. The van der Waals surface area contributed by atoms with Gasteiger partial charge in [-0.15, -0.1) is 5.10 Å². The molecule has 2 heterocycles. The molecule has 0 saturated carbocycles. The van der Waals surface area contributed by atoms with Crippen molar-refractivity contribution < 1.29 is 14.7 Å². The lowest BCUT2D eigenvalue weighted by molar-refractivity contribution is -0.117. The van der Waals surface area contributed by atoms with E-state index in [1.807, 2.05) is 0 Å². The molecule has 9 nitrogen and oxygen atoms in total. The molecule has 0 fully saturated rings. The molecule has 2 aromatic rings. The summed E-state index contributed by atoms with van der Waals surface area (Å²) in [6.45, 7) is -0.120. The summed E-state index contributed by atoms with van der Waals surface area (Å²) >= 11 is 0. The first-order chi connectivity index (χ1) is 8.56. The quantitative estimate of drug-likeness (QED) is 0.745. The molecule has 9 heteroatoms. The molecule has 0 atom stereocenters. The van der Waals surface area contributed by atoms with Crippen LogP contribution in [0.25, 0.3) is 0 Å². The van der Waals surface area contributed by atoms with E-state index in [9.17, 15) is 9.59 Å². The van der Waals surface area contributed by atoms with Crippen molar-refractivity contribution in [3.63, 3.8) is 0 Å². The van der Waals surface area contributed by atoms with E-state index >= 15 is 0 Å². The van der Waals surface area contributed by atoms with Crippen LogP contribution in [0.2, 0.25) is 0 Å². The number of carbonyl (C=O) groups is 2. The number of hydrogen-bond acceptors (Lipinski definition) is 5. The van der Waals surface area contributed by atoms with Crippen molar-refractivity contribution in [2.45, 2.75) is 6.54 Å². The van der Waals surface area contributed by atoms with Crippen LogP contribution in [0.3, 0.4) is 0 Å². The Kier molecular flexibility index (Phi) is 3.04. The Labute approximate surface area is 101 Å². The minimum Gasteiger partial charge on any atom is -0.476 e. The van der Waals surface area contributed by atoms with Crippen molar-refractivity contribution >= 4 is 17.7 Å². The monoisotopic (exact) mass is 250 g/mol. The van der Waals surface area contributed by atoms with E-state index in [1.54, 1.807) is 19.3 Å². The summed E-state index contributed by atoms with van der Waals surface area (Å²) in [6.07, 6.45) is 2.73. The normalized spacial score (nSPS) is 10.3. The molecule has 2 N–H and O–H groups in total. The van der Waals surface area contributed by atoms with Gasteiger partial charge in [0.2, 0.25) is 5.91 Å². The Morgan fingerprint density at radius 2 is 2.28 bits per heavy atom. The summed E-state index contributed by atoms with van der Waals surface area (Å²) < 4.78 is 2.65. The molecule has 0 radical (unpaired) electrons. The van der Waals surface area contributed by atoms with E-state index in [0.717, 1.165) is 4.68 Å². The Bertz CT molecular complexity index is 587. The molecule has 0 saturated heterocycles. The predicted octanol–water partition coefficient (Wildman–Crippen LogP) is -0.652. The van der Waals surface area contributed by atoms with Crippen molar-refractivity contribution in [1.82, 2.24) is 24.8 Å². The van der Waals surface area contributed by atoms with Gasteiger partial charge in [-0.05, 0) is 0 Å². The highest BCUT2D eigenvalue weighted by molar-refractivity contribution is 5.89. The van der Waals surface area contributed by atoms with Gasteiger partial charge in [0, 0.05) is 13.1 Å². The summed E-state index contributed by atoms with van der Waals surface area (Å²) in [6, 6.07) is 1.64. The summed E-state index contributed by atoms with van der Waals surface area (Å²) in [7, 11) is 1.69. The molecule has 2 rings (SSSR count). The highest BCUT2D eigenvalue weighted by atomic mass is 16.4. The Morgan fingerprint density at radius 1 is 1.50 bits per heavy atom. The summed E-state index contributed by atoms with van der Waals surface area (Å²) in [5, 5.41) is 22.1. The zero-order valence-corrected chi connectivity index (χ0v) is 9.44. The molecule has 2 aromatic heterocycles. The highest BCUT2D eigenvalue weighted by Crippen LogP contribution is 2.03. The maximum absolute atomic E-state index is 11.6. The number of nitrogens with zero attached hydrogens (tertiary/aromatic N) is 5. The topological polar surface area (TPSA) is 115 Å². The summed E-state index contributed by atoms with van der Waals surface area (Å²) in [5.74, 6) is -0.993. The molecule has 0 unspecified atom stereocenters. The molecule has 94 valence electrons. The van der Waals surface area contributed by atoms with E-state index in [1.165, 1.54) is 10.9 Å². The molecule has 0 aliphatic heterocycles. The van der Waals surface area contributed by atoms with Crippen molar-refractivity contribution in [2.24, 2.45) is 7.05 Å². The summed E-state index contributed by atoms with van der Waals surface area (Å²) in [4.78, 5) is 22.2. The SMILES string of the molecule is Cn1nccc1NC(=O)Cn1cc(C(=O)O)nn1. The fraction of sp³-hybridized carbons (Fsp3) is 0.222.